The number of aryl methyl sites for hydroxylation is 2. The highest BCUT2D eigenvalue weighted by Gasteiger charge is 2.16. The minimum Gasteiger partial charge on any atom is -0.234 e. The van der Waals surface area contributed by atoms with E-state index in [1.54, 1.807) is 5.82 Å². The molecule has 0 aliphatic heterocycles. The smallest absolute Gasteiger partial charge is 0.234 e. The summed E-state index contributed by atoms with van der Waals surface area (Å²) in [6.07, 6.45) is 34.1. The molecule has 0 spiro atoms. The van der Waals surface area contributed by atoms with E-state index in [-0.39, 0.29) is 0 Å². The molecule has 1 aromatic heterocycles. The Labute approximate surface area is 196 Å². The highest BCUT2D eigenvalue weighted by Crippen LogP contribution is 2.13. The maximum absolute atomic E-state index is 2.58. The molecule has 0 N–H and O–H groups in total. The van der Waals surface area contributed by atoms with Crippen LogP contribution in [0, 0.1) is 0 Å². The van der Waals surface area contributed by atoms with Gasteiger partial charge in [-0.1, -0.05) is 117 Å². The van der Waals surface area contributed by atoms with Crippen LogP contribution in [0.5, 0.6) is 0 Å². The fraction of sp³-hybridized carbons (Fsp3) is 0.897. The molecule has 182 valence electrons. The molecule has 1 aromatic rings. The topological polar surface area (TPSA) is 8.81 Å². The van der Waals surface area contributed by atoms with Gasteiger partial charge in [0.15, 0.2) is 0 Å². The van der Waals surface area contributed by atoms with Crippen molar-refractivity contribution in [2.75, 3.05) is 0 Å². The maximum atomic E-state index is 2.58. The Bertz CT molecular complexity index is 461. The van der Waals surface area contributed by atoms with E-state index in [9.17, 15) is 0 Å². The molecular formula is C29H57N2+. The van der Waals surface area contributed by atoms with Crippen molar-refractivity contribution in [1.82, 2.24) is 4.57 Å². The molecule has 0 aliphatic carbocycles. The molecule has 0 fully saturated rings. The van der Waals surface area contributed by atoms with Gasteiger partial charge in [-0.3, -0.25) is 0 Å². The van der Waals surface area contributed by atoms with Gasteiger partial charge in [0.1, 0.15) is 12.4 Å². The van der Waals surface area contributed by atoms with Gasteiger partial charge in [-0.15, -0.1) is 0 Å². The molecule has 0 saturated carbocycles. The van der Waals surface area contributed by atoms with Crippen molar-refractivity contribution in [2.24, 2.45) is 0 Å². The summed E-state index contributed by atoms with van der Waals surface area (Å²) in [6, 6.07) is 0. The average Bonchev–Trinajstić information content (AvgIpc) is 3.16. The number of aromatic nitrogens is 2. The summed E-state index contributed by atoms with van der Waals surface area (Å²) in [5, 5.41) is 0. The van der Waals surface area contributed by atoms with Gasteiger partial charge < -0.3 is 0 Å². The predicted molar refractivity (Wildman–Crippen MR) is 138 cm³/mol. The summed E-state index contributed by atoms with van der Waals surface area (Å²) in [5.41, 5.74) is 0. The van der Waals surface area contributed by atoms with Crippen molar-refractivity contribution < 1.29 is 4.57 Å². The Kier molecular flexibility index (Phi) is 19.2. The lowest BCUT2D eigenvalue weighted by molar-refractivity contribution is -0.704. The van der Waals surface area contributed by atoms with Gasteiger partial charge in [-0.2, -0.15) is 0 Å². The molecule has 0 unspecified atom stereocenters. The highest BCUT2D eigenvalue weighted by atomic mass is 15.1. The second-order valence-corrected chi connectivity index (χ2v) is 9.86. The molecule has 31 heavy (non-hydrogen) atoms. The van der Waals surface area contributed by atoms with Crippen molar-refractivity contribution in [2.45, 2.75) is 169 Å². The van der Waals surface area contributed by atoms with Crippen LogP contribution in [0.25, 0.3) is 0 Å². The number of hydrogen-bond donors (Lipinski definition) is 0. The lowest BCUT2D eigenvalue weighted by Gasteiger charge is -2.06. The highest BCUT2D eigenvalue weighted by molar-refractivity contribution is 4.84. The van der Waals surface area contributed by atoms with E-state index in [0.29, 0.717) is 0 Å². The number of unbranched alkanes of at least 4 members (excludes halogenated alkanes) is 17. The van der Waals surface area contributed by atoms with Crippen molar-refractivity contribution in [3.8, 4) is 0 Å². The third kappa shape index (κ3) is 14.8. The van der Waals surface area contributed by atoms with Crippen LogP contribution in [0.2, 0.25) is 0 Å². The summed E-state index contributed by atoms with van der Waals surface area (Å²) in [7, 11) is 0. The zero-order chi connectivity index (χ0) is 22.4. The zero-order valence-electron chi connectivity index (χ0n) is 21.8. The summed E-state index contributed by atoms with van der Waals surface area (Å²) < 4.78 is 5.15. The van der Waals surface area contributed by atoms with Crippen LogP contribution in [0.3, 0.4) is 0 Å². The molecule has 0 saturated heterocycles. The SMILES string of the molecule is CCCCCCCCCCCCCCc1n(CCCCCC)cc[n+]1CCCCCC. The van der Waals surface area contributed by atoms with E-state index in [0.717, 1.165) is 0 Å². The molecule has 0 atom stereocenters. The van der Waals surface area contributed by atoms with Gasteiger partial charge in [-0.25, -0.2) is 9.13 Å². The molecule has 0 radical (unpaired) electrons. The molecule has 0 bridgehead atoms. The fourth-order valence-electron chi connectivity index (χ4n) is 4.73. The average molecular weight is 434 g/mol. The first kappa shape index (κ1) is 28.2. The standard InChI is InChI=1S/C29H57N2/c1-4-7-10-13-14-15-16-17-18-19-20-21-24-29-30(25-22-11-8-5-2)27-28-31(29)26-23-12-9-6-3/h27-28H,4-26H2,1-3H3/q+1. The van der Waals surface area contributed by atoms with Crippen LogP contribution in [0.1, 0.15) is 155 Å². The number of nitrogens with zero attached hydrogens (tertiary/aromatic N) is 2. The Morgan fingerprint density at radius 2 is 1.00 bits per heavy atom. The van der Waals surface area contributed by atoms with Gasteiger partial charge in [0.25, 0.3) is 5.82 Å². The molecular weight excluding hydrogens is 376 g/mol. The van der Waals surface area contributed by atoms with Crippen molar-refractivity contribution >= 4 is 0 Å². The lowest BCUT2D eigenvalue weighted by atomic mass is 10.0. The molecule has 1 heterocycles. The Morgan fingerprint density at radius 1 is 0.548 bits per heavy atom. The van der Waals surface area contributed by atoms with Crippen LogP contribution in [-0.2, 0) is 19.5 Å². The normalized spacial score (nSPS) is 11.5. The zero-order valence-corrected chi connectivity index (χ0v) is 21.8. The molecule has 2 nitrogen and oxygen atoms in total. The van der Waals surface area contributed by atoms with E-state index >= 15 is 0 Å². The summed E-state index contributed by atoms with van der Waals surface area (Å²) in [4.78, 5) is 0. The largest absolute Gasteiger partial charge is 0.256 e. The van der Waals surface area contributed by atoms with Crippen LogP contribution < -0.4 is 4.57 Å². The van der Waals surface area contributed by atoms with E-state index < -0.39 is 0 Å². The minimum absolute atomic E-state index is 1.22. The maximum Gasteiger partial charge on any atom is 0.256 e. The number of rotatable bonds is 23. The summed E-state index contributed by atoms with van der Waals surface area (Å²) in [5.74, 6) is 1.60. The van der Waals surface area contributed by atoms with E-state index in [1.165, 1.54) is 148 Å². The van der Waals surface area contributed by atoms with Crippen LogP contribution in [0.15, 0.2) is 12.4 Å². The first-order valence-electron chi connectivity index (χ1n) is 14.4. The molecule has 0 aliphatic rings. The van der Waals surface area contributed by atoms with Gasteiger partial charge in [0, 0.05) is 6.42 Å². The van der Waals surface area contributed by atoms with Crippen molar-refractivity contribution in [1.29, 1.82) is 0 Å². The van der Waals surface area contributed by atoms with Gasteiger partial charge in [-0.05, 0) is 32.1 Å². The lowest BCUT2D eigenvalue weighted by Crippen LogP contribution is -2.37. The Balaban J connectivity index is 2.25. The predicted octanol–water partition coefficient (Wildman–Crippen LogP) is 9.18. The van der Waals surface area contributed by atoms with Crippen molar-refractivity contribution in [3.05, 3.63) is 18.2 Å². The van der Waals surface area contributed by atoms with Gasteiger partial charge in [0.05, 0.1) is 13.1 Å². The Hall–Kier alpha value is -0.790. The quantitative estimate of drug-likeness (QED) is 0.120. The molecule has 2 heteroatoms. The number of imidazole rings is 1. The van der Waals surface area contributed by atoms with Gasteiger partial charge in [0.2, 0.25) is 0 Å². The van der Waals surface area contributed by atoms with Crippen molar-refractivity contribution in [3.63, 3.8) is 0 Å². The van der Waals surface area contributed by atoms with Crippen LogP contribution in [-0.4, -0.2) is 4.57 Å². The third-order valence-electron chi connectivity index (χ3n) is 6.85. The number of hydrogen-bond acceptors (Lipinski definition) is 0. The van der Waals surface area contributed by atoms with Gasteiger partial charge >= 0.3 is 0 Å². The molecule has 1 rings (SSSR count). The van der Waals surface area contributed by atoms with Crippen LogP contribution in [0.4, 0.5) is 0 Å². The first-order valence-corrected chi connectivity index (χ1v) is 14.4. The monoisotopic (exact) mass is 433 g/mol. The Morgan fingerprint density at radius 3 is 1.55 bits per heavy atom. The van der Waals surface area contributed by atoms with E-state index in [4.69, 9.17) is 0 Å². The van der Waals surface area contributed by atoms with E-state index in [1.807, 2.05) is 0 Å². The first-order chi connectivity index (χ1) is 15.3. The minimum atomic E-state index is 1.22. The fourth-order valence-corrected chi connectivity index (χ4v) is 4.73. The molecule has 0 aromatic carbocycles. The second kappa shape index (κ2) is 21.1. The molecule has 0 amide bonds. The third-order valence-corrected chi connectivity index (χ3v) is 6.85. The summed E-state index contributed by atoms with van der Waals surface area (Å²) >= 11 is 0. The second-order valence-electron chi connectivity index (χ2n) is 9.86. The summed E-state index contributed by atoms with van der Waals surface area (Å²) in [6.45, 7) is 9.35. The van der Waals surface area contributed by atoms with E-state index in [2.05, 4.69) is 42.3 Å². The van der Waals surface area contributed by atoms with Crippen LogP contribution >= 0.6 is 0 Å².